The lowest BCUT2D eigenvalue weighted by Crippen LogP contribution is -2.51. The van der Waals surface area contributed by atoms with Gasteiger partial charge in [0.25, 0.3) is 0 Å². The van der Waals surface area contributed by atoms with E-state index in [2.05, 4.69) is 11.4 Å². The van der Waals surface area contributed by atoms with Crippen molar-refractivity contribution in [3.63, 3.8) is 0 Å². The van der Waals surface area contributed by atoms with Crippen molar-refractivity contribution in [1.29, 1.82) is 0 Å². The van der Waals surface area contributed by atoms with Crippen LogP contribution in [0.15, 0.2) is 53.4 Å². The zero-order chi connectivity index (χ0) is 22.1. The highest BCUT2D eigenvalue weighted by molar-refractivity contribution is 8.00. The van der Waals surface area contributed by atoms with Crippen LogP contribution in [0.3, 0.4) is 0 Å². The van der Waals surface area contributed by atoms with Crippen molar-refractivity contribution in [2.45, 2.75) is 71.0 Å². The predicted molar refractivity (Wildman–Crippen MR) is 126 cm³/mol. The molecule has 0 fully saturated rings. The van der Waals surface area contributed by atoms with Gasteiger partial charge in [-0.2, -0.15) is 0 Å². The number of rotatable bonds is 10. The number of aryl methyl sites for hydroxylation is 2. The summed E-state index contributed by atoms with van der Waals surface area (Å²) in [6.07, 6.45) is 1.44. The summed E-state index contributed by atoms with van der Waals surface area (Å²) in [5.41, 5.74) is 3.38. The SMILES string of the molecule is CCC(C)NC(=O)C(CC)N(Cc1cccc(C)c1)C(=O)CSc1ccc(C)cc1. The van der Waals surface area contributed by atoms with Crippen molar-refractivity contribution < 1.29 is 9.59 Å². The first-order valence-electron chi connectivity index (χ1n) is 10.7. The van der Waals surface area contributed by atoms with Crippen molar-refractivity contribution in [3.05, 3.63) is 65.2 Å². The van der Waals surface area contributed by atoms with Crippen LogP contribution in [0, 0.1) is 13.8 Å². The molecule has 0 spiro atoms. The van der Waals surface area contributed by atoms with E-state index in [1.807, 2.05) is 77.1 Å². The average Bonchev–Trinajstić information content (AvgIpc) is 2.72. The monoisotopic (exact) mass is 426 g/mol. The van der Waals surface area contributed by atoms with Gasteiger partial charge in [-0.1, -0.05) is 61.4 Å². The minimum Gasteiger partial charge on any atom is -0.352 e. The van der Waals surface area contributed by atoms with E-state index < -0.39 is 6.04 Å². The van der Waals surface area contributed by atoms with Gasteiger partial charge in [0.05, 0.1) is 5.75 Å². The van der Waals surface area contributed by atoms with E-state index >= 15 is 0 Å². The average molecular weight is 427 g/mol. The Bertz CT molecular complexity index is 835. The highest BCUT2D eigenvalue weighted by atomic mass is 32.2. The van der Waals surface area contributed by atoms with Crippen molar-refractivity contribution in [1.82, 2.24) is 10.2 Å². The van der Waals surface area contributed by atoms with E-state index in [0.717, 1.165) is 22.4 Å². The molecule has 0 saturated carbocycles. The minimum atomic E-state index is -0.481. The van der Waals surface area contributed by atoms with Gasteiger partial charge in [-0.05, 0) is 51.3 Å². The minimum absolute atomic E-state index is 0.0202. The number of nitrogens with zero attached hydrogens (tertiary/aromatic N) is 1. The molecule has 2 aromatic rings. The Morgan fingerprint density at radius 2 is 1.70 bits per heavy atom. The lowest BCUT2D eigenvalue weighted by atomic mass is 10.1. The molecule has 0 aromatic heterocycles. The van der Waals surface area contributed by atoms with E-state index in [4.69, 9.17) is 0 Å². The van der Waals surface area contributed by atoms with Crippen LogP contribution < -0.4 is 5.32 Å². The largest absolute Gasteiger partial charge is 0.352 e. The van der Waals surface area contributed by atoms with Crippen LogP contribution in [-0.2, 0) is 16.1 Å². The van der Waals surface area contributed by atoms with Crippen LogP contribution in [0.4, 0.5) is 0 Å². The molecule has 4 nitrogen and oxygen atoms in total. The van der Waals surface area contributed by atoms with Crippen LogP contribution in [0.25, 0.3) is 0 Å². The molecule has 0 aliphatic carbocycles. The maximum atomic E-state index is 13.3. The number of amides is 2. The second kappa shape index (κ2) is 11.8. The van der Waals surface area contributed by atoms with E-state index in [9.17, 15) is 9.59 Å². The van der Waals surface area contributed by atoms with Gasteiger partial charge in [-0.15, -0.1) is 11.8 Å². The Morgan fingerprint density at radius 3 is 2.30 bits per heavy atom. The summed E-state index contributed by atoms with van der Waals surface area (Å²) in [5.74, 6) is 0.212. The summed E-state index contributed by atoms with van der Waals surface area (Å²) < 4.78 is 0. The number of hydrogen-bond acceptors (Lipinski definition) is 3. The van der Waals surface area contributed by atoms with Crippen molar-refractivity contribution in [2.75, 3.05) is 5.75 Å². The highest BCUT2D eigenvalue weighted by Crippen LogP contribution is 2.21. The van der Waals surface area contributed by atoms with Gasteiger partial charge in [-0.25, -0.2) is 0 Å². The summed E-state index contributed by atoms with van der Waals surface area (Å²) in [6, 6.07) is 15.9. The predicted octanol–water partition coefficient (Wildman–Crippen LogP) is 5.12. The standard InChI is InChI=1S/C25H34N2O2S/c1-6-20(5)26-25(29)23(7-2)27(16-21-10-8-9-19(4)15-21)24(28)17-30-22-13-11-18(3)12-14-22/h8-15,20,23H,6-7,16-17H2,1-5H3,(H,26,29). The molecule has 0 heterocycles. The Hall–Kier alpha value is -2.27. The molecule has 2 atom stereocenters. The number of hydrogen-bond donors (Lipinski definition) is 1. The molecule has 0 aliphatic heterocycles. The van der Waals surface area contributed by atoms with Crippen LogP contribution in [0.5, 0.6) is 0 Å². The fourth-order valence-electron chi connectivity index (χ4n) is 3.23. The van der Waals surface area contributed by atoms with Crippen LogP contribution >= 0.6 is 11.8 Å². The Balaban J connectivity index is 2.20. The lowest BCUT2D eigenvalue weighted by Gasteiger charge is -2.31. The molecule has 2 rings (SSSR count). The molecule has 2 aromatic carbocycles. The summed E-state index contributed by atoms with van der Waals surface area (Å²) in [6.45, 7) is 10.5. The Morgan fingerprint density at radius 1 is 1.00 bits per heavy atom. The molecule has 2 unspecified atom stereocenters. The quantitative estimate of drug-likeness (QED) is 0.537. The molecular formula is C25H34N2O2S. The molecule has 2 amide bonds. The molecule has 162 valence electrons. The number of thioether (sulfide) groups is 1. The first-order valence-corrected chi connectivity index (χ1v) is 11.7. The van der Waals surface area contributed by atoms with Gasteiger partial charge < -0.3 is 10.2 Å². The smallest absolute Gasteiger partial charge is 0.243 e. The molecular weight excluding hydrogens is 392 g/mol. The summed E-state index contributed by atoms with van der Waals surface area (Å²) in [7, 11) is 0. The Labute approximate surface area is 185 Å². The molecule has 30 heavy (non-hydrogen) atoms. The summed E-state index contributed by atoms with van der Waals surface area (Å²) in [4.78, 5) is 29.0. The van der Waals surface area contributed by atoms with Gasteiger partial charge >= 0.3 is 0 Å². The molecule has 0 saturated heterocycles. The van der Waals surface area contributed by atoms with E-state index in [-0.39, 0.29) is 17.9 Å². The molecule has 0 bridgehead atoms. The zero-order valence-corrected chi connectivity index (χ0v) is 19.6. The van der Waals surface area contributed by atoms with Gasteiger partial charge in [0, 0.05) is 17.5 Å². The van der Waals surface area contributed by atoms with Gasteiger partial charge in [0.1, 0.15) is 6.04 Å². The first kappa shape index (κ1) is 24.0. The fraction of sp³-hybridized carbons (Fsp3) is 0.440. The zero-order valence-electron chi connectivity index (χ0n) is 18.8. The third kappa shape index (κ3) is 7.21. The second-order valence-corrected chi connectivity index (χ2v) is 8.90. The number of nitrogens with one attached hydrogen (secondary N) is 1. The van der Waals surface area contributed by atoms with Crippen LogP contribution in [0.1, 0.15) is 50.3 Å². The summed E-state index contributed by atoms with van der Waals surface area (Å²) >= 11 is 1.51. The molecule has 0 aliphatic rings. The van der Waals surface area contributed by atoms with Crippen molar-refractivity contribution in [2.24, 2.45) is 0 Å². The van der Waals surface area contributed by atoms with E-state index in [1.54, 1.807) is 4.90 Å². The number of carbonyl (C=O) groups excluding carboxylic acids is 2. The third-order valence-electron chi connectivity index (χ3n) is 5.21. The third-order valence-corrected chi connectivity index (χ3v) is 6.20. The van der Waals surface area contributed by atoms with Crippen molar-refractivity contribution >= 4 is 23.6 Å². The topological polar surface area (TPSA) is 49.4 Å². The second-order valence-electron chi connectivity index (χ2n) is 7.85. The normalized spacial score (nSPS) is 12.8. The highest BCUT2D eigenvalue weighted by Gasteiger charge is 2.29. The van der Waals surface area contributed by atoms with Gasteiger partial charge in [0.2, 0.25) is 11.8 Å². The number of benzene rings is 2. The van der Waals surface area contributed by atoms with Gasteiger partial charge in [0.15, 0.2) is 0 Å². The maximum Gasteiger partial charge on any atom is 0.243 e. The van der Waals surface area contributed by atoms with Crippen LogP contribution in [0.2, 0.25) is 0 Å². The molecule has 0 radical (unpaired) electrons. The first-order chi connectivity index (χ1) is 14.3. The number of carbonyl (C=O) groups is 2. The lowest BCUT2D eigenvalue weighted by molar-refractivity contribution is -0.139. The van der Waals surface area contributed by atoms with Crippen molar-refractivity contribution in [3.8, 4) is 0 Å². The maximum absolute atomic E-state index is 13.3. The van der Waals surface area contributed by atoms with Gasteiger partial charge in [-0.3, -0.25) is 9.59 Å². The molecule has 5 heteroatoms. The molecule has 1 N–H and O–H groups in total. The fourth-order valence-corrected chi connectivity index (χ4v) is 4.01. The van der Waals surface area contributed by atoms with Crippen LogP contribution in [-0.4, -0.2) is 34.6 Å². The van der Waals surface area contributed by atoms with E-state index in [1.165, 1.54) is 17.3 Å². The summed E-state index contributed by atoms with van der Waals surface area (Å²) in [5, 5.41) is 3.05. The van der Waals surface area contributed by atoms with E-state index in [0.29, 0.717) is 18.7 Å². The Kier molecular flexibility index (Phi) is 9.44.